The molecule has 0 fully saturated rings. The lowest BCUT2D eigenvalue weighted by atomic mass is 10.1. The van der Waals surface area contributed by atoms with Crippen molar-refractivity contribution < 1.29 is 13.2 Å². The summed E-state index contributed by atoms with van der Waals surface area (Å²) in [6.45, 7) is 4.83. The first kappa shape index (κ1) is 19.9. The molecule has 6 nitrogen and oxygen atoms in total. The maximum absolute atomic E-state index is 12.7. The maximum atomic E-state index is 12.7. The topological polar surface area (TPSA) is 78.5 Å². The Hall–Kier alpha value is -2.38. The zero-order chi connectivity index (χ0) is 19.3. The highest BCUT2D eigenvalue weighted by molar-refractivity contribution is 7.92. The minimum atomic E-state index is -3.79. The van der Waals surface area contributed by atoms with Gasteiger partial charge in [-0.2, -0.15) is 0 Å². The van der Waals surface area contributed by atoms with Gasteiger partial charge in [-0.05, 0) is 57.8 Å². The van der Waals surface area contributed by atoms with Gasteiger partial charge < -0.3 is 10.2 Å². The fraction of sp³-hybridized carbons (Fsp3) is 0.316. The second-order valence-electron chi connectivity index (χ2n) is 6.51. The zero-order valence-corrected chi connectivity index (χ0v) is 16.4. The van der Waals surface area contributed by atoms with Gasteiger partial charge in [0.2, 0.25) is 0 Å². The standard InChI is InChI=1S/C19H25N3O3S/c1-14-5-9-17(10-6-14)21-26(24,25)18-13-16(8-7-15(18)2)19(23)20-11-12-22(3)4/h5-10,13,21H,11-12H2,1-4H3,(H,20,23). The Balaban J connectivity index is 2.22. The molecular formula is C19H25N3O3S. The molecule has 2 rings (SSSR count). The highest BCUT2D eigenvalue weighted by Gasteiger charge is 2.19. The third kappa shape index (κ3) is 5.31. The third-order valence-corrected chi connectivity index (χ3v) is 5.41. The highest BCUT2D eigenvalue weighted by Crippen LogP contribution is 2.21. The fourth-order valence-corrected chi connectivity index (χ4v) is 3.69. The molecule has 2 N–H and O–H groups in total. The Bertz CT molecular complexity index is 875. The Morgan fingerprint density at radius 1 is 1.04 bits per heavy atom. The van der Waals surface area contributed by atoms with Crippen molar-refractivity contribution in [2.45, 2.75) is 18.7 Å². The molecule has 7 heteroatoms. The van der Waals surface area contributed by atoms with Crippen LogP contribution in [0.1, 0.15) is 21.5 Å². The van der Waals surface area contributed by atoms with E-state index in [2.05, 4.69) is 10.0 Å². The molecule has 0 saturated carbocycles. The number of carbonyl (C=O) groups is 1. The number of hydrogen-bond acceptors (Lipinski definition) is 4. The van der Waals surface area contributed by atoms with Gasteiger partial charge in [0.25, 0.3) is 15.9 Å². The average molecular weight is 375 g/mol. The van der Waals surface area contributed by atoms with Crippen LogP contribution in [0.15, 0.2) is 47.4 Å². The summed E-state index contributed by atoms with van der Waals surface area (Å²) in [6.07, 6.45) is 0. The summed E-state index contributed by atoms with van der Waals surface area (Å²) in [5, 5.41) is 2.79. The Kier molecular flexibility index (Phi) is 6.39. The van der Waals surface area contributed by atoms with Crippen molar-refractivity contribution in [3.8, 4) is 0 Å². The second kappa shape index (κ2) is 8.33. The van der Waals surface area contributed by atoms with Crippen molar-refractivity contribution in [2.75, 3.05) is 31.9 Å². The number of anilines is 1. The number of nitrogens with one attached hydrogen (secondary N) is 2. The molecule has 140 valence electrons. The molecule has 26 heavy (non-hydrogen) atoms. The number of sulfonamides is 1. The molecule has 0 spiro atoms. The number of rotatable bonds is 7. The number of nitrogens with zero attached hydrogens (tertiary/aromatic N) is 1. The summed E-state index contributed by atoms with van der Waals surface area (Å²) in [5.41, 5.74) is 2.42. The number of aryl methyl sites for hydroxylation is 2. The van der Waals surface area contributed by atoms with Crippen molar-refractivity contribution in [1.29, 1.82) is 0 Å². The molecule has 0 atom stereocenters. The summed E-state index contributed by atoms with van der Waals surface area (Å²) in [5.74, 6) is -0.293. The van der Waals surface area contributed by atoms with Gasteiger partial charge in [0, 0.05) is 24.3 Å². The molecule has 0 aliphatic rings. The van der Waals surface area contributed by atoms with Crippen LogP contribution in [0.25, 0.3) is 0 Å². The number of carbonyl (C=O) groups excluding carboxylic acids is 1. The van der Waals surface area contributed by atoms with E-state index in [-0.39, 0.29) is 10.8 Å². The minimum absolute atomic E-state index is 0.0957. The highest BCUT2D eigenvalue weighted by atomic mass is 32.2. The van der Waals surface area contributed by atoms with Gasteiger partial charge in [0.15, 0.2) is 0 Å². The predicted octanol–water partition coefficient (Wildman–Crippen LogP) is 2.40. The van der Waals surface area contributed by atoms with Crippen LogP contribution in [0.5, 0.6) is 0 Å². The van der Waals surface area contributed by atoms with Crippen LogP contribution in [-0.2, 0) is 10.0 Å². The predicted molar refractivity (Wildman–Crippen MR) is 104 cm³/mol. The maximum Gasteiger partial charge on any atom is 0.262 e. The van der Waals surface area contributed by atoms with E-state index in [9.17, 15) is 13.2 Å². The Morgan fingerprint density at radius 3 is 2.31 bits per heavy atom. The van der Waals surface area contributed by atoms with E-state index < -0.39 is 10.0 Å². The van der Waals surface area contributed by atoms with Crippen molar-refractivity contribution in [1.82, 2.24) is 10.2 Å². The van der Waals surface area contributed by atoms with E-state index >= 15 is 0 Å². The van der Waals surface area contributed by atoms with Crippen molar-refractivity contribution in [2.24, 2.45) is 0 Å². The zero-order valence-electron chi connectivity index (χ0n) is 15.5. The van der Waals surface area contributed by atoms with Gasteiger partial charge in [-0.15, -0.1) is 0 Å². The molecule has 0 unspecified atom stereocenters. The second-order valence-corrected chi connectivity index (χ2v) is 8.16. The van der Waals surface area contributed by atoms with Gasteiger partial charge in [-0.25, -0.2) is 8.42 Å². The summed E-state index contributed by atoms with van der Waals surface area (Å²) in [6, 6.07) is 11.8. The smallest absolute Gasteiger partial charge is 0.262 e. The van der Waals surface area contributed by atoms with Crippen LogP contribution in [0.3, 0.4) is 0 Å². The number of likely N-dealkylation sites (N-methyl/N-ethyl adjacent to an activating group) is 1. The summed E-state index contributed by atoms with van der Waals surface area (Å²) >= 11 is 0. The summed E-state index contributed by atoms with van der Waals surface area (Å²) in [4.78, 5) is 14.3. The SMILES string of the molecule is Cc1ccc(NS(=O)(=O)c2cc(C(=O)NCCN(C)C)ccc2C)cc1. The number of amides is 1. The largest absolute Gasteiger partial charge is 0.351 e. The van der Waals surface area contributed by atoms with Crippen molar-refractivity contribution in [3.63, 3.8) is 0 Å². The molecule has 0 aromatic heterocycles. The molecule has 0 saturated heterocycles. The summed E-state index contributed by atoms with van der Waals surface area (Å²) in [7, 11) is 0.0472. The lowest BCUT2D eigenvalue weighted by Crippen LogP contribution is -2.31. The van der Waals surface area contributed by atoms with Gasteiger partial charge in [-0.3, -0.25) is 9.52 Å². The van der Waals surface area contributed by atoms with E-state index in [1.165, 1.54) is 6.07 Å². The first-order valence-electron chi connectivity index (χ1n) is 8.32. The van der Waals surface area contributed by atoms with Crippen molar-refractivity contribution in [3.05, 3.63) is 59.2 Å². The molecule has 2 aromatic carbocycles. The number of hydrogen-bond donors (Lipinski definition) is 2. The first-order valence-corrected chi connectivity index (χ1v) is 9.80. The van der Waals surface area contributed by atoms with Crippen LogP contribution in [0.4, 0.5) is 5.69 Å². The van der Waals surface area contributed by atoms with Gasteiger partial charge in [-0.1, -0.05) is 23.8 Å². The normalized spacial score (nSPS) is 11.4. The van der Waals surface area contributed by atoms with Crippen molar-refractivity contribution >= 4 is 21.6 Å². The Morgan fingerprint density at radius 2 is 1.69 bits per heavy atom. The van der Waals surface area contributed by atoms with E-state index in [1.54, 1.807) is 31.2 Å². The van der Waals surface area contributed by atoms with Crippen LogP contribution >= 0.6 is 0 Å². The quantitative estimate of drug-likeness (QED) is 0.779. The Labute approximate surface area is 155 Å². The molecular weight excluding hydrogens is 350 g/mol. The fourth-order valence-electron chi connectivity index (χ4n) is 2.36. The minimum Gasteiger partial charge on any atom is -0.351 e. The molecule has 1 amide bonds. The number of benzene rings is 2. The van der Waals surface area contributed by atoms with Crippen LogP contribution in [-0.4, -0.2) is 46.4 Å². The summed E-state index contributed by atoms with van der Waals surface area (Å²) < 4.78 is 28.0. The molecule has 0 radical (unpaired) electrons. The van der Waals surface area contributed by atoms with Gasteiger partial charge in [0.05, 0.1) is 4.90 Å². The lowest BCUT2D eigenvalue weighted by molar-refractivity contribution is 0.0951. The third-order valence-electron chi connectivity index (χ3n) is 3.89. The average Bonchev–Trinajstić information content (AvgIpc) is 2.56. The van der Waals surface area contributed by atoms with Gasteiger partial charge >= 0.3 is 0 Å². The van der Waals surface area contributed by atoms with E-state index in [0.29, 0.717) is 29.9 Å². The van der Waals surface area contributed by atoms with Crippen LogP contribution in [0.2, 0.25) is 0 Å². The van der Waals surface area contributed by atoms with Crippen LogP contribution < -0.4 is 10.0 Å². The lowest BCUT2D eigenvalue weighted by Gasteiger charge is -2.13. The van der Waals surface area contributed by atoms with E-state index in [4.69, 9.17) is 0 Å². The molecule has 0 aliphatic heterocycles. The van der Waals surface area contributed by atoms with Gasteiger partial charge in [0.1, 0.15) is 0 Å². The monoisotopic (exact) mass is 375 g/mol. The van der Waals surface area contributed by atoms with E-state index in [0.717, 1.165) is 5.56 Å². The van der Waals surface area contributed by atoms with Crippen LogP contribution in [0, 0.1) is 13.8 Å². The molecule has 0 bridgehead atoms. The molecule has 0 heterocycles. The first-order chi connectivity index (χ1) is 12.2. The molecule has 0 aliphatic carbocycles. The molecule has 2 aromatic rings. The van der Waals surface area contributed by atoms with E-state index in [1.807, 2.05) is 38.1 Å².